The molecule has 11 N–H and O–H groups in total. The van der Waals surface area contributed by atoms with E-state index in [1.54, 1.807) is 0 Å². The van der Waals surface area contributed by atoms with Gasteiger partial charge in [0.15, 0.2) is 11.2 Å². The number of carbonyl (C=O) groups is 6. The maximum absolute atomic E-state index is 12.9. The second-order valence-electron chi connectivity index (χ2n) is 9.20. The second kappa shape index (κ2) is 14.3. The zero-order valence-corrected chi connectivity index (χ0v) is 22.7. The van der Waals surface area contributed by atoms with Gasteiger partial charge in [-0.1, -0.05) is 0 Å². The van der Waals surface area contributed by atoms with Crippen molar-refractivity contribution in [2.45, 2.75) is 44.3 Å². The zero-order chi connectivity index (χ0) is 32.6. The Labute approximate surface area is 246 Å². The molecule has 3 rings (SSSR count). The number of nitrogens with two attached hydrogens (primary N) is 3. The van der Waals surface area contributed by atoms with Crippen LogP contribution in [0, 0.1) is 0 Å². The van der Waals surface area contributed by atoms with Gasteiger partial charge < -0.3 is 42.8 Å². The molecule has 0 aliphatic heterocycles. The minimum Gasteiger partial charge on any atom is -0.481 e. The molecule has 1 unspecified atom stereocenters. The lowest BCUT2D eigenvalue weighted by molar-refractivity contribution is -0.160. The molecule has 0 saturated carbocycles. The van der Waals surface area contributed by atoms with Crippen molar-refractivity contribution in [3.63, 3.8) is 0 Å². The maximum Gasteiger partial charge on any atom is 0.330 e. The first-order valence-electron chi connectivity index (χ1n) is 12.7. The molecule has 44 heavy (non-hydrogen) atoms. The van der Waals surface area contributed by atoms with E-state index in [0.29, 0.717) is 11.4 Å². The van der Waals surface area contributed by atoms with Gasteiger partial charge in [-0.3, -0.25) is 29.0 Å². The second-order valence-corrected chi connectivity index (χ2v) is 9.20. The topological polar surface area (TPSA) is 326 Å². The van der Waals surface area contributed by atoms with Crippen molar-refractivity contribution in [3.05, 3.63) is 51.6 Å². The Morgan fingerprint density at radius 3 is 2.41 bits per heavy atom. The zero-order valence-electron chi connectivity index (χ0n) is 22.7. The number of nitrogens with one attached hydrogen (secondary N) is 3. The predicted molar refractivity (Wildman–Crippen MR) is 149 cm³/mol. The molecule has 232 valence electrons. The molecule has 19 heteroatoms. The highest BCUT2D eigenvalue weighted by Gasteiger charge is 2.26. The number of H-pyrrole nitrogens is 1. The summed E-state index contributed by atoms with van der Waals surface area (Å²) in [5, 5.41) is 23.3. The van der Waals surface area contributed by atoms with Gasteiger partial charge in [-0.05, 0) is 31.0 Å². The summed E-state index contributed by atoms with van der Waals surface area (Å²) in [6, 6.07) is 0.844. The fourth-order valence-corrected chi connectivity index (χ4v) is 3.70. The summed E-state index contributed by atoms with van der Waals surface area (Å²) in [5.74, 6) is -7.18. The van der Waals surface area contributed by atoms with Crippen LogP contribution in [0.4, 0.5) is 11.6 Å². The molecule has 3 aromatic rings. The number of aliphatic carboxylic acids is 2. The molecule has 0 aliphatic carbocycles. The summed E-state index contributed by atoms with van der Waals surface area (Å²) >= 11 is 0. The van der Waals surface area contributed by atoms with E-state index in [0.717, 1.165) is 0 Å². The first-order valence-corrected chi connectivity index (χ1v) is 12.7. The number of carbonyl (C=O) groups excluding carboxylic acids is 4. The summed E-state index contributed by atoms with van der Waals surface area (Å²) in [6.45, 7) is 0.0284. The average molecular weight is 614 g/mol. The van der Waals surface area contributed by atoms with Crippen molar-refractivity contribution >= 4 is 58.5 Å². The molecular formula is C25H27N9O10. The fourth-order valence-electron chi connectivity index (χ4n) is 3.70. The van der Waals surface area contributed by atoms with Crippen LogP contribution in [-0.2, 0) is 30.5 Å². The number of esters is 2. The van der Waals surface area contributed by atoms with E-state index < -0.39 is 72.6 Å². The van der Waals surface area contributed by atoms with E-state index in [1.807, 2.05) is 0 Å². The van der Waals surface area contributed by atoms with Gasteiger partial charge in [-0.2, -0.15) is 4.98 Å². The Balaban J connectivity index is 1.64. The minimum atomic E-state index is -1.64. The molecule has 0 fully saturated rings. The highest BCUT2D eigenvalue weighted by atomic mass is 16.6. The number of primary amides is 1. The molecule has 2 heterocycles. The highest BCUT2D eigenvalue weighted by molar-refractivity contribution is 6.08. The molecule has 0 saturated heterocycles. The van der Waals surface area contributed by atoms with Gasteiger partial charge >= 0.3 is 23.9 Å². The Morgan fingerprint density at radius 1 is 1.02 bits per heavy atom. The van der Waals surface area contributed by atoms with Crippen LogP contribution < -0.4 is 33.4 Å². The number of ether oxygens (including phenoxy) is 1. The number of benzene rings is 1. The first kappa shape index (κ1) is 32.5. The van der Waals surface area contributed by atoms with Crippen LogP contribution in [0.1, 0.15) is 52.1 Å². The number of amides is 2. The molecule has 2 amide bonds. The lowest BCUT2D eigenvalue weighted by Gasteiger charge is -2.16. The lowest BCUT2D eigenvalue weighted by Crippen LogP contribution is -2.42. The number of aromatic nitrogens is 4. The first-order chi connectivity index (χ1) is 20.7. The number of anilines is 2. The van der Waals surface area contributed by atoms with Crippen LogP contribution in [0.2, 0.25) is 0 Å². The van der Waals surface area contributed by atoms with Crippen LogP contribution in [0.25, 0.3) is 11.2 Å². The number of hydrogen-bond donors (Lipinski definition) is 8. The smallest absolute Gasteiger partial charge is 0.330 e. The molecule has 2 atom stereocenters. The molecule has 0 spiro atoms. The Kier molecular flexibility index (Phi) is 10.5. The van der Waals surface area contributed by atoms with Gasteiger partial charge in [0, 0.05) is 18.5 Å². The summed E-state index contributed by atoms with van der Waals surface area (Å²) in [6.07, 6.45) is -0.479. The molecule has 0 radical (unpaired) electrons. The van der Waals surface area contributed by atoms with Crippen LogP contribution in [-0.4, -0.2) is 77.9 Å². The van der Waals surface area contributed by atoms with Crippen LogP contribution >= 0.6 is 0 Å². The maximum atomic E-state index is 12.9. The van der Waals surface area contributed by atoms with Crippen molar-refractivity contribution in [2.24, 2.45) is 11.5 Å². The SMILES string of the molecule is NC(=O)c1cc(NCc2cnc3nc(N)[nH]c(=O)c3n2)ccc1C(=O)NC(CCC(=O)OC(=O)[C@@H](N)CCC(=O)O)C(=O)O. The van der Waals surface area contributed by atoms with E-state index in [9.17, 15) is 38.7 Å². The monoisotopic (exact) mass is 613 g/mol. The molecule has 2 aromatic heterocycles. The van der Waals surface area contributed by atoms with E-state index in [2.05, 4.69) is 35.3 Å². The highest BCUT2D eigenvalue weighted by Crippen LogP contribution is 2.18. The Morgan fingerprint density at radius 2 is 1.75 bits per heavy atom. The molecule has 19 nitrogen and oxygen atoms in total. The van der Waals surface area contributed by atoms with Crippen molar-refractivity contribution in [1.29, 1.82) is 0 Å². The number of carboxylic acid groups (broad SMARTS) is 2. The van der Waals surface area contributed by atoms with Gasteiger partial charge in [0.25, 0.3) is 11.5 Å². The van der Waals surface area contributed by atoms with Gasteiger partial charge in [-0.25, -0.2) is 19.6 Å². The van der Waals surface area contributed by atoms with Gasteiger partial charge in [0.1, 0.15) is 12.1 Å². The van der Waals surface area contributed by atoms with Crippen molar-refractivity contribution in [3.8, 4) is 0 Å². The standard InChI is InChI=1S/C25H27N9O10/c26-14(3-5-16(35)36)24(43)44-17(37)6-4-15(23(41)42)32-21(39)12-2-1-10(7-13(12)19(27)38)29-8-11-9-30-20-18(31-11)22(40)34-25(28)33-20/h1-2,7,9,14-15,29H,3-6,8,26H2,(H2,27,38)(H,32,39)(H,35,36)(H,41,42)(H3,28,30,33,34,40)/t14-,15?/m0/s1. The van der Waals surface area contributed by atoms with Gasteiger partial charge in [-0.15, -0.1) is 0 Å². The molecule has 1 aromatic carbocycles. The molecule has 0 bridgehead atoms. The van der Waals surface area contributed by atoms with Crippen LogP contribution in [0.15, 0.2) is 29.2 Å². The third kappa shape index (κ3) is 8.76. The van der Waals surface area contributed by atoms with Crippen molar-refractivity contribution in [2.75, 3.05) is 11.1 Å². The van der Waals surface area contributed by atoms with Crippen molar-refractivity contribution < 1.29 is 43.7 Å². The van der Waals surface area contributed by atoms with E-state index in [4.69, 9.17) is 22.3 Å². The molecule has 0 aliphatic rings. The normalized spacial score (nSPS) is 12.1. The van der Waals surface area contributed by atoms with E-state index in [1.165, 1.54) is 24.4 Å². The number of carboxylic acids is 2. The number of hydrogen-bond acceptors (Lipinski definition) is 14. The van der Waals surface area contributed by atoms with Crippen LogP contribution in [0.5, 0.6) is 0 Å². The number of rotatable bonds is 14. The Hall–Kier alpha value is -5.98. The number of nitrogens with zero attached hydrogens (tertiary/aromatic N) is 3. The van der Waals surface area contributed by atoms with Crippen LogP contribution in [0.3, 0.4) is 0 Å². The van der Waals surface area contributed by atoms with E-state index >= 15 is 0 Å². The number of fused-ring (bicyclic) bond motifs is 1. The third-order valence-electron chi connectivity index (χ3n) is 5.92. The summed E-state index contributed by atoms with van der Waals surface area (Å²) in [5.41, 5.74) is 15.9. The number of aromatic amines is 1. The lowest BCUT2D eigenvalue weighted by atomic mass is 10.0. The largest absolute Gasteiger partial charge is 0.481 e. The summed E-state index contributed by atoms with van der Waals surface area (Å²) in [4.78, 5) is 97.6. The van der Waals surface area contributed by atoms with Crippen molar-refractivity contribution in [1.82, 2.24) is 25.3 Å². The third-order valence-corrected chi connectivity index (χ3v) is 5.92. The average Bonchev–Trinajstić information content (AvgIpc) is 2.96. The van der Waals surface area contributed by atoms with E-state index in [-0.39, 0.29) is 41.2 Å². The Bertz CT molecular complexity index is 1690. The number of nitrogen functional groups attached to an aromatic ring is 1. The molecular weight excluding hydrogens is 586 g/mol. The summed E-state index contributed by atoms with van der Waals surface area (Å²) in [7, 11) is 0. The fraction of sp³-hybridized carbons (Fsp3) is 0.280. The van der Waals surface area contributed by atoms with Gasteiger partial charge in [0.2, 0.25) is 11.9 Å². The quantitative estimate of drug-likeness (QED) is 0.0736. The summed E-state index contributed by atoms with van der Waals surface area (Å²) < 4.78 is 4.51. The predicted octanol–water partition coefficient (Wildman–Crippen LogP) is -1.77. The minimum absolute atomic E-state index is 0.0284. The van der Waals surface area contributed by atoms with Gasteiger partial charge in [0.05, 0.1) is 29.6 Å².